The molecule has 0 heterocycles. The Bertz CT molecular complexity index is 553. The topological polar surface area (TPSA) is 12.0 Å². The van der Waals surface area contributed by atoms with E-state index in [1.807, 2.05) is 30.0 Å². The average molecular weight is 320 g/mol. The molecule has 0 aromatic heterocycles. The molecule has 0 aliphatic carbocycles. The Morgan fingerprint density at radius 3 is 2.48 bits per heavy atom. The molecule has 0 saturated carbocycles. The van der Waals surface area contributed by atoms with Crippen molar-refractivity contribution in [1.29, 1.82) is 0 Å². The van der Waals surface area contributed by atoms with Crippen LogP contribution in [0.15, 0.2) is 48.5 Å². The Labute approximate surface area is 137 Å². The predicted molar refractivity (Wildman–Crippen MR) is 95.2 cm³/mol. The first-order valence-corrected chi connectivity index (χ1v) is 8.85. The fourth-order valence-electron chi connectivity index (χ4n) is 2.22. The summed E-state index contributed by atoms with van der Waals surface area (Å²) in [6, 6.07) is 17.3. The van der Waals surface area contributed by atoms with Crippen molar-refractivity contribution in [3.05, 3.63) is 70.2 Å². The number of nitrogens with one attached hydrogen (secondary N) is 1. The minimum Gasteiger partial charge on any atom is -0.310 e. The third kappa shape index (κ3) is 5.06. The summed E-state index contributed by atoms with van der Waals surface area (Å²) >= 11 is 8.13. The van der Waals surface area contributed by atoms with E-state index < -0.39 is 0 Å². The lowest BCUT2D eigenvalue weighted by Crippen LogP contribution is -2.23. The van der Waals surface area contributed by atoms with Crippen LogP contribution in [0, 0.1) is 6.92 Å². The maximum absolute atomic E-state index is 6.21. The lowest BCUT2D eigenvalue weighted by atomic mass is 10.1. The molecule has 0 saturated heterocycles. The molecule has 1 nitrogen and oxygen atoms in total. The van der Waals surface area contributed by atoms with Crippen molar-refractivity contribution < 1.29 is 0 Å². The van der Waals surface area contributed by atoms with Gasteiger partial charge in [0.25, 0.3) is 0 Å². The van der Waals surface area contributed by atoms with Crippen LogP contribution >= 0.6 is 23.4 Å². The monoisotopic (exact) mass is 319 g/mol. The van der Waals surface area contributed by atoms with Crippen molar-refractivity contribution in [2.45, 2.75) is 25.6 Å². The first-order chi connectivity index (χ1) is 10.2. The minimum atomic E-state index is 0.392. The Hall–Kier alpha value is -0.960. The second-order valence-corrected chi connectivity index (χ2v) is 6.56. The van der Waals surface area contributed by atoms with Gasteiger partial charge in [0.05, 0.1) is 0 Å². The molecule has 1 N–H and O–H groups in total. The van der Waals surface area contributed by atoms with Gasteiger partial charge in [-0.05, 0) is 30.7 Å². The van der Waals surface area contributed by atoms with Crippen LogP contribution < -0.4 is 5.32 Å². The van der Waals surface area contributed by atoms with E-state index >= 15 is 0 Å². The molecular weight excluding hydrogens is 298 g/mol. The van der Waals surface area contributed by atoms with E-state index in [1.54, 1.807) is 0 Å². The molecule has 0 bridgehead atoms. The standard InChI is InChI=1S/C18H22ClNS/c1-3-20-18(15-10-8-14(2)9-11-15)13-21-12-16-6-4-5-7-17(16)19/h4-11,18,20H,3,12-13H2,1-2H3. The minimum absolute atomic E-state index is 0.392. The third-order valence-corrected chi connectivity index (χ3v) is 4.88. The molecule has 0 fully saturated rings. The highest BCUT2D eigenvalue weighted by atomic mass is 35.5. The summed E-state index contributed by atoms with van der Waals surface area (Å²) in [5.74, 6) is 2.00. The molecule has 1 unspecified atom stereocenters. The summed E-state index contributed by atoms with van der Waals surface area (Å²) in [7, 11) is 0. The van der Waals surface area contributed by atoms with Crippen LogP contribution in [-0.2, 0) is 5.75 Å². The van der Waals surface area contributed by atoms with Crippen molar-refractivity contribution in [2.75, 3.05) is 12.3 Å². The molecule has 2 aromatic carbocycles. The van der Waals surface area contributed by atoms with Gasteiger partial charge in [0.2, 0.25) is 0 Å². The van der Waals surface area contributed by atoms with Gasteiger partial charge in [0, 0.05) is 22.6 Å². The zero-order chi connectivity index (χ0) is 15.1. The normalized spacial score (nSPS) is 12.3. The first-order valence-electron chi connectivity index (χ1n) is 7.31. The number of rotatable bonds is 7. The van der Waals surface area contributed by atoms with Crippen LogP contribution in [0.2, 0.25) is 5.02 Å². The van der Waals surface area contributed by atoms with Gasteiger partial charge in [-0.3, -0.25) is 0 Å². The van der Waals surface area contributed by atoms with Crippen LogP contribution in [0.1, 0.15) is 29.7 Å². The van der Waals surface area contributed by atoms with E-state index in [1.165, 1.54) is 16.7 Å². The van der Waals surface area contributed by atoms with Crippen molar-refractivity contribution in [2.24, 2.45) is 0 Å². The lowest BCUT2D eigenvalue weighted by molar-refractivity contribution is 0.606. The molecule has 2 aromatic rings. The van der Waals surface area contributed by atoms with Crippen LogP contribution in [0.3, 0.4) is 0 Å². The first kappa shape index (κ1) is 16.4. The molecule has 0 spiro atoms. The fourth-order valence-corrected chi connectivity index (χ4v) is 3.64. The summed E-state index contributed by atoms with van der Waals surface area (Å²) < 4.78 is 0. The second kappa shape index (κ2) is 8.47. The number of benzene rings is 2. The highest BCUT2D eigenvalue weighted by Gasteiger charge is 2.10. The smallest absolute Gasteiger partial charge is 0.0446 e. The van der Waals surface area contributed by atoms with E-state index in [0.717, 1.165) is 23.1 Å². The molecule has 0 radical (unpaired) electrons. The van der Waals surface area contributed by atoms with E-state index in [4.69, 9.17) is 11.6 Å². The molecule has 1 atom stereocenters. The van der Waals surface area contributed by atoms with E-state index in [2.05, 4.69) is 49.5 Å². The summed E-state index contributed by atoms with van der Waals surface area (Å²) in [6.07, 6.45) is 0. The molecule has 2 rings (SSSR count). The SMILES string of the molecule is CCNC(CSCc1ccccc1Cl)c1ccc(C)cc1. The van der Waals surface area contributed by atoms with Gasteiger partial charge in [-0.15, -0.1) is 0 Å². The fraction of sp³-hybridized carbons (Fsp3) is 0.333. The highest BCUT2D eigenvalue weighted by Crippen LogP contribution is 2.25. The van der Waals surface area contributed by atoms with Gasteiger partial charge in [-0.25, -0.2) is 0 Å². The number of thioether (sulfide) groups is 1. The van der Waals surface area contributed by atoms with Gasteiger partial charge >= 0.3 is 0 Å². The van der Waals surface area contributed by atoms with Crippen molar-refractivity contribution in [3.63, 3.8) is 0 Å². The van der Waals surface area contributed by atoms with Gasteiger partial charge < -0.3 is 5.32 Å². The van der Waals surface area contributed by atoms with E-state index in [0.29, 0.717) is 6.04 Å². The quantitative estimate of drug-likeness (QED) is 0.749. The second-order valence-electron chi connectivity index (χ2n) is 5.13. The number of hydrogen-bond donors (Lipinski definition) is 1. The zero-order valence-corrected chi connectivity index (χ0v) is 14.2. The Morgan fingerprint density at radius 1 is 1.10 bits per heavy atom. The third-order valence-electron chi connectivity index (χ3n) is 3.43. The van der Waals surface area contributed by atoms with Gasteiger partial charge in [0.1, 0.15) is 0 Å². The molecule has 0 aliphatic rings. The number of aryl methyl sites for hydroxylation is 1. The molecular formula is C18H22ClNS. The Balaban J connectivity index is 1.94. The molecule has 3 heteroatoms. The summed E-state index contributed by atoms with van der Waals surface area (Å²) in [4.78, 5) is 0. The van der Waals surface area contributed by atoms with Crippen molar-refractivity contribution in [1.82, 2.24) is 5.32 Å². The molecule has 112 valence electrons. The van der Waals surface area contributed by atoms with Gasteiger partial charge in [-0.2, -0.15) is 11.8 Å². The van der Waals surface area contributed by atoms with Crippen LogP contribution in [0.25, 0.3) is 0 Å². The number of hydrogen-bond acceptors (Lipinski definition) is 2. The van der Waals surface area contributed by atoms with Crippen LogP contribution in [0.5, 0.6) is 0 Å². The summed E-state index contributed by atoms with van der Waals surface area (Å²) in [5.41, 5.74) is 3.87. The molecule has 21 heavy (non-hydrogen) atoms. The van der Waals surface area contributed by atoms with Crippen molar-refractivity contribution >= 4 is 23.4 Å². The largest absolute Gasteiger partial charge is 0.310 e. The van der Waals surface area contributed by atoms with E-state index in [-0.39, 0.29) is 0 Å². The highest BCUT2D eigenvalue weighted by molar-refractivity contribution is 7.98. The average Bonchev–Trinajstić information content (AvgIpc) is 2.49. The van der Waals surface area contributed by atoms with Crippen molar-refractivity contribution in [3.8, 4) is 0 Å². The maximum Gasteiger partial charge on any atom is 0.0446 e. The zero-order valence-electron chi connectivity index (χ0n) is 12.6. The Morgan fingerprint density at radius 2 is 1.81 bits per heavy atom. The maximum atomic E-state index is 6.21. The number of halogens is 1. The predicted octanol–water partition coefficient (Wildman–Crippen LogP) is 5.23. The molecule has 0 amide bonds. The van der Waals surface area contributed by atoms with Crippen LogP contribution in [0.4, 0.5) is 0 Å². The van der Waals surface area contributed by atoms with Gasteiger partial charge in [-0.1, -0.05) is 66.6 Å². The summed E-state index contributed by atoms with van der Waals surface area (Å²) in [5, 5.41) is 4.43. The molecule has 0 aliphatic heterocycles. The summed E-state index contributed by atoms with van der Waals surface area (Å²) in [6.45, 7) is 5.25. The van der Waals surface area contributed by atoms with E-state index in [9.17, 15) is 0 Å². The Kier molecular flexibility index (Phi) is 6.62. The van der Waals surface area contributed by atoms with Crippen LogP contribution in [-0.4, -0.2) is 12.3 Å². The lowest BCUT2D eigenvalue weighted by Gasteiger charge is -2.18. The van der Waals surface area contributed by atoms with Gasteiger partial charge in [0.15, 0.2) is 0 Å².